The first-order valence-electron chi connectivity index (χ1n) is 11.4. The van der Waals surface area contributed by atoms with Crippen molar-refractivity contribution in [2.24, 2.45) is 0 Å². The zero-order chi connectivity index (χ0) is 27.0. The number of fused-ring (bicyclic) bond motifs is 2. The molecule has 2 amide bonds. The molecule has 5 rings (SSSR count). The van der Waals surface area contributed by atoms with Crippen LogP contribution in [0.15, 0.2) is 38.9 Å². The van der Waals surface area contributed by atoms with Crippen LogP contribution >= 0.6 is 70.2 Å². The van der Waals surface area contributed by atoms with E-state index in [1.165, 1.54) is 51.9 Å². The average Bonchev–Trinajstić information content (AvgIpc) is 3.36. The van der Waals surface area contributed by atoms with E-state index in [0.29, 0.717) is 41.7 Å². The van der Waals surface area contributed by atoms with E-state index in [-0.39, 0.29) is 17.4 Å². The van der Waals surface area contributed by atoms with Crippen molar-refractivity contribution in [1.82, 2.24) is 20.2 Å². The number of nitrogens with zero attached hydrogens (tertiary/aromatic N) is 3. The van der Waals surface area contributed by atoms with E-state index in [0.717, 1.165) is 30.5 Å². The number of β-lactam (4-membered cyclic amide) rings is 1. The Balaban J connectivity index is 1.19. The maximum Gasteiger partial charge on any atom is 0.353 e. The van der Waals surface area contributed by atoms with Gasteiger partial charge in [-0.1, -0.05) is 35.0 Å². The Labute approximate surface area is 245 Å². The number of nitrogens with two attached hydrogens (primary N) is 1. The van der Waals surface area contributed by atoms with Gasteiger partial charge < -0.3 is 16.2 Å². The Morgan fingerprint density at radius 3 is 2.82 bits per heavy atom. The number of hydrogen-bond acceptors (Lipinski definition) is 10. The molecule has 0 spiro atoms. The first-order valence-corrected chi connectivity index (χ1v) is 16.2. The van der Waals surface area contributed by atoms with Crippen molar-refractivity contribution in [1.29, 1.82) is 0 Å². The Morgan fingerprint density at radius 1 is 1.21 bits per heavy atom. The van der Waals surface area contributed by atoms with Crippen LogP contribution in [0.1, 0.15) is 17.7 Å². The second-order valence-electron chi connectivity index (χ2n) is 8.47. The zero-order valence-corrected chi connectivity index (χ0v) is 24.4. The van der Waals surface area contributed by atoms with E-state index in [1.54, 1.807) is 18.2 Å². The van der Waals surface area contributed by atoms with Crippen LogP contribution in [0.3, 0.4) is 0 Å². The number of anilines is 1. The number of aromatic nitrogens is 2. The first-order chi connectivity index (χ1) is 18.2. The first kappa shape index (κ1) is 27.8. The second-order valence-corrected chi connectivity index (χ2v) is 13.8. The minimum absolute atomic E-state index is 0.0377. The van der Waals surface area contributed by atoms with E-state index in [9.17, 15) is 19.5 Å². The monoisotopic (exact) mass is 629 g/mol. The molecule has 1 aromatic carbocycles. The molecule has 2 atom stereocenters. The minimum atomic E-state index is -1.18. The highest BCUT2D eigenvalue weighted by Crippen LogP contribution is 2.44. The second kappa shape index (κ2) is 11.8. The summed E-state index contributed by atoms with van der Waals surface area (Å²) in [5.41, 5.74) is 8.04. The summed E-state index contributed by atoms with van der Waals surface area (Å²) in [5, 5.41) is 14.2. The van der Waals surface area contributed by atoms with E-state index >= 15 is 0 Å². The largest absolute Gasteiger partial charge is 0.477 e. The third kappa shape index (κ3) is 5.73. The van der Waals surface area contributed by atoms with Crippen LogP contribution in [0.2, 0.25) is 10.0 Å². The van der Waals surface area contributed by atoms with Crippen molar-refractivity contribution in [3.05, 3.63) is 50.1 Å². The standard InChI is InChI=1S/C23H21Cl2N5O4S4/c24-10-4-5-12(25)14(6-10)35-8-16(31)28-17-20(32)30-18(22(33)34)15(7-36-21(17)30)37-9-38-23-27-13-3-1-2-11(13)19(26)29-23/h4-6,17,21H,1-3,7-9H2,(H,28,31)(H,33,34)(H2,26,27,29)/t17-,21-/m1/s1. The fourth-order valence-electron chi connectivity index (χ4n) is 4.30. The SMILES string of the molecule is Nc1nc(SCSC2=C(C(=O)O)N3C(=O)[C@@H](NC(=O)CSc4cc(Cl)ccc4Cl)[C@H]3SC2)nc2c1CCC2. The van der Waals surface area contributed by atoms with Gasteiger partial charge in [-0.2, -0.15) is 0 Å². The number of nitrogens with one attached hydrogen (secondary N) is 1. The number of carbonyl (C=O) groups excluding carboxylic acids is 2. The van der Waals surface area contributed by atoms with Gasteiger partial charge in [0, 0.05) is 26.1 Å². The number of carboxylic acid groups (broad SMARTS) is 1. The molecule has 2 aliphatic heterocycles. The fourth-order valence-corrected chi connectivity index (χ4v) is 9.23. The average molecular weight is 631 g/mol. The Kier molecular flexibility index (Phi) is 8.60. The smallest absolute Gasteiger partial charge is 0.353 e. The molecule has 0 radical (unpaired) electrons. The molecule has 38 heavy (non-hydrogen) atoms. The van der Waals surface area contributed by atoms with Crippen molar-refractivity contribution < 1.29 is 19.5 Å². The van der Waals surface area contributed by atoms with Gasteiger partial charge in [-0.3, -0.25) is 14.5 Å². The number of benzene rings is 1. The topological polar surface area (TPSA) is 139 Å². The van der Waals surface area contributed by atoms with E-state index in [2.05, 4.69) is 15.3 Å². The molecule has 3 aliphatic rings. The summed E-state index contributed by atoms with van der Waals surface area (Å²) in [5.74, 6) is -1.01. The quantitative estimate of drug-likeness (QED) is 0.160. The van der Waals surface area contributed by atoms with E-state index in [4.69, 9.17) is 28.9 Å². The molecule has 1 aromatic heterocycles. The predicted molar refractivity (Wildman–Crippen MR) is 154 cm³/mol. The van der Waals surface area contributed by atoms with Gasteiger partial charge in [0.1, 0.15) is 22.9 Å². The molecule has 2 aromatic rings. The van der Waals surface area contributed by atoms with Crippen molar-refractivity contribution in [2.45, 2.75) is 40.7 Å². The van der Waals surface area contributed by atoms with Gasteiger partial charge in [0.2, 0.25) is 5.91 Å². The summed E-state index contributed by atoms with van der Waals surface area (Å²) in [4.78, 5) is 49.0. The van der Waals surface area contributed by atoms with Crippen LogP contribution in [0.5, 0.6) is 0 Å². The third-order valence-corrected chi connectivity index (χ3v) is 11.3. The van der Waals surface area contributed by atoms with Crippen LogP contribution < -0.4 is 11.1 Å². The van der Waals surface area contributed by atoms with Gasteiger partial charge >= 0.3 is 5.97 Å². The molecule has 15 heteroatoms. The summed E-state index contributed by atoms with van der Waals surface area (Å²) < 4.78 is 0. The summed E-state index contributed by atoms with van der Waals surface area (Å²) in [6, 6.07) is 4.19. The molecule has 0 saturated carbocycles. The Morgan fingerprint density at radius 2 is 2.03 bits per heavy atom. The van der Waals surface area contributed by atoms with E-state index < -0.39 is 23.3 Å². The molecule has 1 fully saturated rings. The molecular weight excluding hydrogens is 609 g/mol. The lowest BCUT2D eigenvalue weighted by Gasteiger charge is -2.49. The van der Waals surface area contributed by atoms with Crippen LogP contribution in [0.25, 0.3) is 0 Å². The minimum Gasteiger partial charge on any atom is -0.477 e. The lowest BCUT2D eigenvalue weighted by molar-refractivity contribution is -0.150. The number of halogens is 2. The highest BCUT2D eigenvalue weighted by Gasteiger charge is 2.54. The van der Waals surface area contributed by atoms with Crippen LogP contribution in [0.4, 0.5) is 5.82 Å². The number of aryl methyl sites for hydroxylation is 1. The molecule has 1 saturated heterocycles. The van der Waals surface area contributed by atoms with Gasteiger partial charge in [-0.05, 0) is 37.5 Å². The Hall–Kier alpha value is -1.77. The number of hydrogen-bond donors (Lipinski definition) is 3. The van der Waals surface area contributed by atoms with Crippen molar-refractivity contribution in [2.75, 3.05) is 22.3 Å². The van der Waals surface area contributed by atoms with Crippen molar-refractivity contribution in [3.63, 3.8) is 0 Å². The zero-order valence-electron chi connectivity index (χ0n) is 19.6. The lowest BCUT2D eigenvalue weighted by atomic mass is 10.1. The molecule has 200 valence electrons. The summed E-state index contributed by atoms with van der Waals surface area (Å²) in [6.45, 7) is 0. The van der Waals surface area contributed by atoms with Crippen molar-refractivity contribution >= 4 is 93.9 Å². The van der Waals surface area contributed by atoms with Gasteiger partial charge in [0.05, 0.1) is 21.6 Å². The summed E-state index contributed by atoms with van der Waals surface area (Å²) in [7, 11) is 0. The fraction of sp³-hybridized carbons (Fsp3) is 0.348. The van der Waals surface area contributed by atoms with E-state index in [1.807, 2.05) is 0 Å². The molecule has 3 heterocycles. The number of nitrogen functional groups attached to an aromatic ring is 1. The maximum atomic E-state index is 12.9. The van der Waals surface area contributed by atoms with Crippen molar-refractivity contribution in [3.8, 4) is 0 Å². The van der Waals surface area contributed by atoms with Gasteiger partial charge in [-0.25, -0.2) is 14.8 Å². The predicted octanol–water partition coefficient (Wildman–Crippen LogP) is 4.13. The normalized spacial score (nSPS) is 20.2. The number of carbonyl (C=O) groups is 3. The number of amides is 2. The maximum absolute atomic E-state index is 12.9. The summed E-state index contributed by atoms with van der Waals surface area (Å²) in [6.07, 6.45) is 2.80. The number of carboxylic acids is 1. The van der Waals surface area contributed by atoms with Gasteiger partial charge in [0.15, 0.2) is 5.16 Å². The van der Waals surface area contributed by atoms with Crippen LogP contribution in [-0.2, 0) is 27.2 Å². The lowest BCUT2D eigenvalue weighted by Crippen LogP contribution is -2.70. The molecule has 4 N–H and O–H groups in total. The number of rotatable bonds is 9. The molecule has 0 bridgehead atoms. The molecule has 0 unspecified atom stereocenters. The molecular formula is C23H21Cl2N5O4S4. The highest BCUT2D eigenvalue weighted by molar-refractivity contribution is 8.18. The molecule has 9 nitrogen and oxygen atoms in total. The van der Waals surface area contributed by atoms with Gasteiger partial charge in [0.25, 0.3) is 5.91 Å². The number of thioether (sulfide) groups is 4. The third-order valence-electron chi connectivity index (χ3n) is 6.07. The Bertz CT molecular complexity index is 1360. The highest BCUT2D eigenvalue weighted by atomic mass is 35.5. The van der Waals surface area contributed by atoms with Crippen LogP contribution in [0, 0.1) is 0 Å². The number of aliphatic carboxylic acids is 1. The van der Waals surface area contributed by atoms with Crippen LogP contribution in [-0.4, -0.2) is 65.8 Å². The summed E-state index contributed by atoms with van der Waals surface area (Å²) >= 11 is 17.5. The van der Waals surface area contributed by atoms with Gasteiger partial charge in [-0.15, -0.1) is 35.3 Å². The molecule has 1 aliphatic carbocycles.